The van der Waals surface area contributed by atoms with Gasteiger partial charge in [0.1, 0.15) is 5.78 Å². The maximum atomic E-state index is 11.5. The molecule has 1 fully saturated rings. The van der Waals surface area contributed by atoms with Gasteiger partial charge >= 0.3 is 0 Å². The molecule has 1 aromatic rings. The Balaban J connectivity index is 1.96. The van der Waals surface area contributed by atoms with Gasteiger partial charge in [-0.15, -0.1) is 0 Å². The molecule has 2 unspecified atom stereocenters. The number of carbonyl (C=O) groups is 1. The van der Waals surface area contributed by atoms with Crippen LogP contribution in [-0.2, 0) is 4.79 Å². The topological polar surface area (TPSA) is 29.1 Å². The summed E-state index contributed by atoms with van der Waals surface area (Å²) in [5, 5.41) is 2.91. The van der Waals surface area contributed by atoms with Crippen LogP contribution >= 0.6 is 0 Å². The molecule has 1 saturated carbocycles. The number of carbonyl (C=O) groups excluding carboxylic acids is 1. The van der Waals surface area contributed by atoms with Gasteiger partial charge < -0.3 is 5.32 Å². The van der Waals surface area contributed by atoms with Crippen LogP contribution < -0.4 is 5.32 Å². The van der Waals surface area contributed by atoms with Gasteiger partial charge in [0.2, 0.25) is 0 Å². The summed E-state index contributed by atoms with van der Waals surface area (Å²) < 4.78 is 0. The highest BCUT2D eigenvalue weighted by molar-refractivity contribution is 5.86. The molecular weight excluding hydrogens is 174 g/mol. The van der Waals surface area contributed by atoms with Gasteiger partial charge in [0.15, 0.2) is 0 Å². The third-order valence-electron chi connectivity index (χ3n) is 2.78. The first-order valence-corrected chi connectivity index (χ1v) is 5.05. The zero-order valence-corrected chi connectivity index (χ0v) is 8.36. The summed E-state index contributed by atoms with van der Waals surface area (Å²) in [5.41, 5.74) is 1.31. The molecule has 74 valence electrons. The predicted molar refractivity (Wildman–Crippen MR) is 56.2 cm³/mol. The molecule has 2 atom stereocenters. The van der Waals surface area contributed by atoms with E-state index < -0.39 is 0 Å². The maximum Gasteiger partial charge on any atom is 0.150 e. The van der Waals surface area contributed by atoms with Crippen molar-refractivity contribution in [2.24, 2.45) is 5.92 Å². The SMILES string of the molecule is CNCC(=O)C1CC1c1ccccc1. The molecule has 2 nitrogen and oxygen atoms in total. The summed E-state index contributed by atoms with van der Waals surface area (Å²) in [6.07, 6.45) is 1.03. The summed E-state index contributed by atoms with van der Waals surface area (Å²) in [7, 11) is 1.82. The molecule has 0 aliphatic heterocycles. The molecule has 0 saturated heterocycles. The summed E-state index contributed by atoms with van der Waals surface area (Å²) in [6, 6.07) is 10.3. The monoisotopic (exact) mass is 189 g/mol. The lowest BCUT2D eigenvalue weighted by molar-refractivity contribution is -0.119. The third kappa shape index (κ3) is 1.85. The van der Waals surface area contributed by atoms with Crippen LogP contribution in [0.25, 0.3) is 0 Å². The van der Waals surface area contributed by atoms with E-state index in [1.165, 1.54) is 5.56 Å². The number of benzene rings is 1. The van der Waals surface area contributed by atoms with Crippen molar-refractivity contribution in [3.05, 3.63) is 35.9 Å². The highest BCUT2D eigenvalue weighted by Gasteiger charge is 2.42. The molecule has 2 heteroatoms. The van der Waals surface area contributed by atoms with Crippen LogP contribution in [0.1, 0.15) is 17.9 Å². The molecular formula is C12H15NO. The zero-order valence-electron chi connectivity index (χ0n) is 8.36. The van der Waals surface area contributed by atoms with Crippen LogP contribution in [0.3, 0.4) is 0 Å². The van der Waals surface area contributed by atoms with E-state index >= 15 is 0 Å². The van der Waals surface area contributed by atoms with Crippen LogP contribution in [-0.4, -0.2) is 19.4 Å². The Hall–Kier alpha value is -1.15. The van der Waals surface area contributed by atoms with Gasteiger partial charge in [-0.3, -0.25) is 4.79 Å². The van der Waals surface area contributed by atoms with Crippen molar-refractivity contribution in [2.45, 2.75) is 12.3 Å². The van der Waals surface area contributed by atoms with Gasteiger partial charge in [-0.1, -0.05) is 30.3 Å². The minimum absolute atomic E-state index is 0.268. The first-order chi connectivity index (χ1) is 6.83. The van der Waals surface area contributed by atoms with E-state index in [0.717, 1.165) is 6.42 Å². The van der Waals surface area contributed by atoms with Crippen LogP contribution in [0, 0.1) is 5.92 Å². The lowest BCUT2D eigenvalue weighted by Gasteiger charge is -1.99. The Morgan fingerprint density at radius 2 is 2.14 bits per heavy atom. The summed E-state index contributed by atoms with van der Waals surface area (Å²) in [4.78, 5) is 11.5. The van der Waals surface area contributed by atoms with E-state index in [4.69, 9.17) is 0 Å². The van der Waals surface area contributed by atoms with Gasteiger partial charge in [0.05, 0.1) is 6.54 Å². The van der Waals surface area contributed by atoms with E-state index in [-0.39, 0.29) is 5.92 Å². The number of ketones is 1. The molecule has 0 amide bonds. The number of rotatable bonds is 4. The van der Waals surface area contributed by atoms with Crippen molar-refractivity contribution in [3.8, 4) is 0 Å². The van der Waals surface area contributed by atoms with Crippen LogP contribution in [0.2, 0.25) is 0 Å². The van der Waals surface area contributed by atoms with E-state index in [0.29, 0.717) is 18.2 Å². The third-order valence-corrected chi connectivity index (χ3v) is 2.78. The van der Waals surface area contributed by atoms with Gasteiger partial charge in [-0.25, -0.2) is 0 Å². The Labute approximate surface area is 84.3 Å². The number of likely N-dealkylation sites (N-methyl/N-ethyl adjacent to an activating group) is 1. The van der Waals surface area contributed by atoms with Crippen LogP contribution in [0.4, 0.5) is 0 Å². The fourth-order valence-electron chi connectivity index (χ4n) is 1.92. The molecule has 0 radical (unpaired) electrons. The van der Waals surface area contributed by atoms with E-state index in [2.05, 4.69) is 17.4 Å². The molecule has 1 aliphatic carbocycles. The lowest BCUT2D eigenvalue weighted by Crippen LogP contribution is -2.20. The highest BCUT2D eigenvalue weighted by Crippen LogP contribution is 2.47. The summed E-state index contributed by atoms with van der Waals surface area (Å²) in [6.45, 7) is 0.508. The zero-order chi connectivity index (χ0) is 9.97. The Bertz CT molecular complexity index is 320. The second-order valence-electron chi connectivity index (χ2n) is 3.86. The van der Waals surface area contributed by atoms with Gasteiger partial charge in [-0.05, 0) is 24.9 Å². The van der Waals surface area contributed by atoms with Crippen molar-refractivity contribution in [1.29, 1.82) is 0 Å². The number of hydrogen-bond acceptors (Lipinski definition) is 2. The molecule has 0 heterocycles. The lowest BCUT2D eigenvalue weighted by atomic mass is 10.1. The van der Waals surface area contributed by atoms with Crippen LogP contribution in [0.15, 0.2) is 30.3 Å². The number of Topliss-reactive ketones (excluding diaryl/α,β-unsaturated/α-hetero) is 1. The Kier molecular flexibility index (Phi) is 2.64. The first kappa shape index (κ1) is 9.41. The first-order valence-electron chi connectivity index (χ1n) is 5.05. The van der Waals surface area contributed by atoms with E-state index in [1.807, 2.05) is 25.2 Å². The van der Waals surface area contributed by atoms with Gasteiger partial charge in [0, 0.05) is 5.92 Å². The van der Waals surface area contributed by atoms with Crippen LogP contribution in [0.5, 0.6) is 0 Å². The molecule has 1 aliphatic rings. The van der Waals surface area contributed by atoms with Crippen molar-refractivity contribution in [1.82, 2.24) is 5.32 Å². The predicted octanol–water partition coefficient (Wildman–Crippen LogP) is 1.58. The summed E-state index contributed by atoms with van der Waals surface area (Å²) in [5.74, 6) is 1.10. The fraction of sp³-hybridized carbons (Fsp3) is 0.417. The molecule has 0 bridgehead atoms. The van der Waals surface area contributed by atoms with Crippen molar-refractivity contribution < 1.29 is 4.79 Å². The maximum absolute atomic E-state index is 11.5. The normalized spacial score (nSPS) is 24.6. The van der Waals surface area contributed by atoms with Crippen molar-refractivity contribution >= 4 is 5.78 Å². The molecule has 1 aromatic carbocycles. The average Bonchev–Trinajstić information content (AvgIpc) is 2.99. The number of nitrogens with one attached hydrogen (secondary N) is 1. The molecule has 1 N–H and O–H groups in total. The standard InChI is InChI=1S/C12H15NO/c1-13-8-12(14)11-7-10(11)9-5-3-2-4-6-9/h2-6,10-11,13H,7-8H2,1H3. The fourth-order valence-corrected chi connectivity index (χ4v) is 1.92. The van der Waals surface area contributed by atoms with Gasteiger partial charge in [0.25, 0.3) is 0 Å². The van der Waals surface area contributed by atoms with Crippen molar-refractivity contribution in [2.75, 3.05) is 13.6 Å². The van der Waals surface area contributed by atoms with E-state index in [1.54, 1.807) is 0 Å². The molecule has 0 aromatic heterocycles. The second-order valence-corrected chi connectivity index (χ2v) is 3.86. The van der Waals surface area contributed by atoms with E-state index in [9.17, 15) is 4.79 Å². The minimum atomic E-state index is 0.268. The number of hydrogen-bond donors (Lipinski definition) is 1. The van der Waals surface area contributed by atoms with Crippen molar-refractivity contribution in [3.63, 3.8) is 0 Å². The van der Waals surface area contributed by atoms with Gasteiger partial charge in [-0.2, -0.15) is 0 Å². The molecule has 2 rings (SSSR count). The smallest absolute Gasteiger partial charge is 0.150 e. The Morgan fingerprint density at radius 1 is 1.43 bits per heavy atom. The average molecular weight is 189 g/mol. The highest BCUT2D eigenvalue weighted by atomic mass is 16.1. The Morgan fingerprint density at radius 3 is 2.79 bits per heavy atom. The second kappa shape index (κ2) is 3.93. The largest absolute Gasteiger partial charge is 0.313 e. The molecule has 0 spiro atoms. The minimum Gasteiger partial charge on any atom is -0.313 e. The quantitative estimate of drug-likeness (QED) is 0.779. The summed E-state index contributed by atoms with van der Waals surface area (Å²) >= 11 is 0. The molecule has 14 heavy (non-hydrogen) atoms.